The number of rotatable bonds is 4. The Morgan fingerprint density at radius 3 is 2.91 bits per heavy atom. The Bertz CT molecular complexity index is 1530. The number of pyridine rings is 1. The van der Waals surface area contributed by atoms with Crippen molar-refractivity contribution in [3.8, 4) is 16.9 Å². The predicted octanol–water partition coefficient (Wildman–Crippen LogP) is 2.56. The number of benzene rings is 1. The highest BCUT2D eigenvalue weighted by molar-refractivity contribution is 6.33. The quantitative estimate of drug-likeness (QED) is 0.470. The topological polar surface area (TPSA) is 84.7 Å². The molecule has 172 valence electrons. The molecule has 1 saturated carbocycles. The molecule has 8 nitrogen and oxygen atoms in total. The second-order valence-corrected chi connectivity index (χ2v) is 9.48. The second kappa shape index (κ2) is 7.56. The summed E-state index contributed by atoms with van der Waals surface area (Å²) in [6.45, 7) is 3.62. The van der Waals surface area contributed by atoms with E-state index >= 15 is 0 Å². The molecular weight excluding hydrogens is 439 g/mol. The molecule has 5 heterocycles. The summed E-state index contributed by atoms with van der Waals surface area (Å²) >= 11 is 0. The summed E-state index contributed by atoms with van der Waals surface area (Å²) in [5.41, 5.74) is 7.76. The van der Waals surface area contributed by atoms with Crippen LogP contribution in [0.2, 0.25) is 0 Å². The van der Waals surface area contributed by atoms with Crippen LogP contribution in [0.1, 0.15) is 45.8 Å². The zero-order valence-corrected chi connectivity index (χ0v) is 19.4. The van der Waals surface area contributed by atoms with Gasteiger partial charge < -0.3 is 15.0 Å². The van der Waals surface area contributed by atoms with Gasteiger partial charge in [0.2, 0.25) is 5.95 Å². The third-order valence-corrected chi connectivity index (χ3v) is 7.20. The van der Waals surface area contributed by atoms with Gasteiger partial charge in [0.25, 0.3) is 5.91 Å². The van der Waals surface area contributed by atoms with Gasteiger partial charge in [0.05, 0.1) is 24.4 Å². The normalized spacial score (nSPS) is 16.5. The first-order chi connectivity index (χ1) is 17.1. The van der Waals surface area contributed by atoms with Crippen LogP contribution in [0.4, 0.5) is 5.95 Å². The van der Waals surface area contributed by atoms with Crippen LogP contribution in [0.3, 0.4) is 0 Å². The summed E-state index contributed by atoms with van der Waals surface area (Å²) in [6.07, 6.45) is 6.38. The van der Waals surface area contributed by atoms with Gasteiger partial charge in [0.15, 0.2) is 5.69 Å². The number of ether oxygens (including phenoxy) is 1. The van der Waals surface area contributed by atoms with E-state index in [0.717, 1.165) is 69.6 Å². The van der Waals surface area contributed by atoms with E-state index in [-0.39, 0.29) is 11.9 Å². The molecule has 7 rings (SSSR count). The van der Waals surface area contributed by atoms with Crippen LogP contribution in [0.25, 0.3) is 16.6 Å². The number of hydrogen-bond donors (Lipinski definition) is 1. The third kappa shape index (κ3) is 3.21. The Kier molecular flexibility index (Phi) is 4.43. The molecule has 35 heavy (non-hydrogen) atoms. The summed E-state index contributed by atoms with van der Waals surface area (Å²) in [5.74, 6) is 1.44. The number of fused-ring (bicyclic) bond motifs is 3. The maximum absolute atomic E-state index is 13.6. The Morgan fingerprint density at radius 2 is 2.06 bits per heavy atom. The van der Waals surface area contributed by atoms with Gasteiger partial charge in [-0.15, -0.1) is 0 Å². The molecule has 1 amide bonds. The third-order valence-electron chi connectivity index (χ3n) is 7.20. The Labute approximate surface area is 203 Å². The molecule has 0 spiro atoms. The maximum atomic E-state index is 13.6. The highest BCUT2D eigenvalue weighted by atomic mass is 16.5. The molecule has 9 heteroatoms. The average Bonchev–Trinajstić information content (AvgIpc) is 3.40. The summed E-state index contributed by atoms with van der Waals surface area (Å²) in [6, 6.07) is 8.14. The largest absolute Gasteiger partial charge is 0.493 e. The molecule has 0 unspecified atom stereocenters. The minimum absolute atomic E-state index is 0.0513. The van der Waals surface area contributed by atoms with Crippen molar-refractivity contribution >= 4 is 30.7 Å². The lowest BCUT2D eigenvalue weighted by Crippen LogP contribution is -2.34. The molecule has 1 N–H and O–H groups in total. The van der Waals surface area contributed by atoms with Gasteiger partial charge >= 0.3 is 0 Å². The van der Waals surface area contributed by atoms with E-state index in [1.165, 1.54) is 0 Å². The lowest BCUT2D eigenvalue weighted by Gasteiger charge is -2.25. The van der Waals surface area contributed by atoms with Crippen LogP contribution in [0.5, 0.6) is 5.75 Å². The molecule has 3 aromatic heterocycles. The van der Waals surface area contributed by atoms with Gasteiger partial charge in [-0.3, -0.25) is 14.2 Å². The van der Waals surface area contributed by atoms with Crippen molar-refractivity contribution in [1.29, 1.82) is 0 Å². The van der Waals surface area contributed by atoms with E-state index in [1.807, 2.05) is 40.6 Å². The molecule has 4 aromatic rings. The summed E-state index contributed by atoms with van der Waals surface area (Å²) in [7, 11) is 6.31. The monoisotopic (exact) mass is 462 g/mol. The van der Waals surface area contributed by atoms with Crippen molar-refractivity contribution in [2.45, 2.75) is 45.3 Å². The van der Waals surface area contributed by atoms with Crippen LogP contribution in [0, 0.1) is 6.92 Å². The smallest absolute Gasteiger partial charge is 0.275 e. The fraction of sp³-hybridized carbons (Fsp3) is 0.308. The molecule has 2 radical (unpaired) electrons. The molecule has 1 fully saturated rings. The fourth-order valence-corrected chi connectivity index (χ4v) is 5.26. The Balaban J connectivity index is 1.35. The molecule has 0 bridgehead atoms. The van der Waals surface area contributed by atoms with Gasteiger partial charge in [-0.2, -0.15) is 0 Å². The average molecular weight is 462 g/mol. The van der Waals surface area contributed by atoms with Crippen LogP contribution in [0.15, 0.2) is 36.8 Å². The van der Waals surface area contributed by atoms with E-state index in [0.29, 0.717) is 31.3 Å². The van der Waals surface area contributed by atoms with Gasteiger partial charge in [-0.25, -0.2) is 9.97 Å². The van der Waals surface area contributed by atoms with Crippen LogP contribution in [-0.2, 0) is 19.5 Å². The van der Waals surface area contributed by atoms with Crippen LogP contribution < -0.4 is 15.5 Å². The summed E-state index contributed by atoms with van der Waals surface area (Å²) in [5, 5.41) is 3.43. The minimum atomic E-state index is -0.0513. The van der Waals surface area contributed by atoms with E-state index < -0.39 is 0 Å². The first-order valence-electron chi connectivity index (χ1n) is 12.0. The van der Waals surface area contributed by atoms with E-state index in [9.17, 15) is 4.79 Å². The number of amides is 1. The number of aryl methyl sites for hydroxylation is 1. The number of carbonyl (C=O) groups is 1. The van der Waals surface area contributed by atoms with Crippen molar-refractivity contribution in [2.75, 3.05) is 11.9 Å². The van der Waals surface area contributed by atoms with E-state index in [2.05, 4.69) is 16.4 Å². The minimum Gasteiger partial charge on any atom is -0.493 e. The highest BCUT2D eigenvalue weighted by Gasteiger charge is 2.37. The van der Waals surface area contributed by atoms with Gasteiger partial charge in [0, 0.05) is 47.6 Å². The van der Waals surface area contributed by atoms with Crippen LogP contribution >= 0.6 is 0 Å². The molecule has 1 aliphatic carbocycles. The number of nitrogens with zero attached hydrogens (tertiary/aromatic N) is 5. The van der Waals surface area contributed by atoms with E-state index in [4.69, 9.17) is 22.6 Å². The van der Waals surface area contributed by atoms with Gasteiger partial charge in [0.1, 0.15) is 19.9 Å². The second-order valence-electron chi connectivity index (χ2n) is 9.48. The molecule has 1 aromatic carbocycles. The number of aromatic nitrogens is 4. The van der Waals surface area contributed by atoms with Crippen molar-refractivity contribution in [1.82, 2.24) is 24.3 Å². The van der Waals surface area contributed by atoms with Crippen LogP contribution in [-0.4, -0.2) is 50.7 Å². The van der Waals surface area contributed by atoms with Crippen molar-refractivity contribution < 1.29 is 9.53 Å². The summed E-state index contributed by atoms with van der Waals surface area (Å²) < 4.78 is 7.58. The fourth-order valence-electron chi connectivity index (χ4n) is 5.26. The zero-order valence-electron chi connectivity index (χ0n) is 19.4. The number of imidazole rings is 1. The van der Waals surface area contributed by atoms with Gasteiger partial charge in [-0.1, -0.05) is 17.6 Å². The molecular formula is C26H23BN6O2. The van der Waals surface area contributed by atoms with Crippen molar-refractivity contribution in [3.05, 3.63) is 65.0 Å². The van der Waals surface area contributed by atoms with E-state index in [1.54, 1.807) is 6.33 Å². The molecule has 0 saturated heterocycles. The number of hydrogen-bond acceptors (Lipinski definition) is 6. The Hall–Kier alpha value is -3.88. The number of nitrogens with one attached hydrogen (secondary N) is 1. The van der Waals surface area contributed by atoms with Crippen molar-refractivity contribution in [2.24, 2.45) is 0 Å². The molecule has 3 aliphatic rings. The standard InChI is InChI=1S/C26H23BN6O2/c1-14-2-5-16-19-11-29-26(28-10-18-17-8-9-35-22(17)7-6-20(18)27)33-13-30-23(24(19)33)25(34)32(15-3-4-15)12-21(16)31-14/h2,5-7,11,13,15H,3-4,8-10,12H2,1H3,(H,28,29). The van der Waals surface area contributed by atoms with Gasteiger partial charge in [-0.05, 0) is 37.5 Å². The molecule has 0 atom stereocenters. The first kappa shape index (κ1) is 20.5. The highest BCUT2D eigenvalue weighted by Crippen LogP contribution is 2.37. The zero-order chi connectivity index (χ0) is 23.7. The maximum Gasteiger partial charge on any atom is 0.275 e. The Morgan fingerprint density at radius 1 is 1.17 bits per heavy atom. The number of carbonyl (C=O) groups excluding carboxylic acids is 1. The first-order valence-corrected chi connectivity index (χ1v) is 12.0. The summed E-state index contributed by atoms with van der Waals surface area (Å²) in [4.78, 5) is 29.7. The van der Waals surface area contributed by atoms with Crippen molar-refractivity contribution in [3.63, 3.8) is 0 Å². The molecule has 2 aliphatic heterocycles. The SMILES string of the molecule is [B]c1ccc2c(c1CNc1ncc3c4c(ncn14)C(=O)N(C1CC1)Cc1nc(C)ccc1-3)CCO2. The predicted molar refractivity (Wildman–Crippen MR) is 132 cm³/mol. The lowest BCUT2D eigenvalue weighted by atomic mass is 9.87. The lowest BCUT2D eigenvalue weighted by molar-refractivity contribution is 0.0724. The number of anilines is 1.